The van der Waals surface area contributed by atoms with Crippen molar-refractivity contribution in [2.24, 2.45) is 5.92 Å². The van der Waals surface area contributed by atoms with Crippen molar-refractivity contribution in [3.8, 4) is 28.3 Å². The van der Waals surface area contributed by atoms with E-state index in [1.165, 1.54) is 12.1 Å². The zero-order valence-electron chi connectivity index (χ0n) is 19.7. The smallest absolute Gasteiger partial charge is 0.161 e. The molecule has 0 amide bonds. The molecule has 0 radical (unpaired) electrons. The summed E-state index contributed by atoms with van der Waals surface area (Å²) >= 11 is 0. The van der Waals surface area contributed by atoms with Crippen molar-refractivity contribution in [3.05, 3.63) is 72.6 Å². The minimum absolute atomic E-state index is 0.120. The van der Waals surface area contributed by atoms with E-state index in [1.54, 1.807) is 12.1 Å². The van der Waals surface area contributed by atoms with Crippen LogP contribution < -0.4 is 10.2 Å². The lowest BCUT2D eigenvalue weighted by Crippen LogP contribution is -2.34. The lowest BCUT2D eigenvalue weighted by molar-refractivity contribution is 0.247. The van der Waals surface area contributed by atoms with Crippen molar-refractivity contribution >= 4 is 5.82 Å². The summed E-state index contributed by atoms with van der Waals surface area (Å²) in [4.78, 5) is 12.1. The number of hydrogen-bond acceptors (Lipinski definition) is 5. The van der Waals surface area contributed by atoms with Gasteiger partial charge in [0.15, 0.2) is 5.82 Å². The second-order valence-electron chi connectivity index (χ2n) is 9.60. The van der Waals surface area contributed by atoms with Gasteiger partial charge in [-0.2, -0.15) is 0 Å². The highest BCUT2D eigenvalue weighted by Gasteiger charge is 2.26. The molecule has 5 heterocycles. The van der Waals surface area contributed by atoms with Gasteiger partial charge in [-0.3, -0.25) is 4.57 Å². The lowest BCUT2D eigenvalue weighted by Gasteiger charge is -2.20. The van der Waals surface area contributed by atoms with Gasteiger partial charge < -0.3 is 19.9 Å². The predicted molar refractivity (Wildman–Crippen MR) is 134 cm³/mol. The third-order valence-corrected chi connectivity index (χ3v) is 7.10. The molecule has 0 bridgehead atoms. The minimum Gasteiger partial charge on any atom is -0.395 e. The maximum Gasteiger partial charge on any atom is 0.161 e. The van der Waals surface area contributed by atoms with Crippen LogP contribution in [0.4, 0.5) is 10.2 Å². The van der Waals surface area contributed by atoms with Crippen molar-refractivity contribution in [2.45, 2.75) is 25.9 Å². The number of pyridine rings is 1. The lowest BCUT2D eigenvalue weighted by atomic mass is 10.1. The SMILES string of the molecule is C[C@H](CO)NC[C@H]1CCN(c2ccc3c(n2)Cn2cc(-c4ccc(F)cc4)cc2-c2nccn2-3)C1. The van der Waals surface area contributed by atoms with Crippen LogP contribution in [0.25, 0.3) is 28.3 Å². The second kappa shape index (κ2) is 8.94. The van der Waals surface area contributed by atoms with Crippen molar-refractivity contribution in [1.29, 1.82) is 0 Å². The van der Waals surface area contributed by atoms with Crippen LogP contribution in [0.15, 0.2) is 61.1 Å². The van der Waals surface area contributed by atoms with Gasteiger partial charge >= 0.3 is 0 Å². The molecule has 35 heavy (non-hydrogen) atoms. The molecule has 0 saturated carbocycles. The Morgan fingerprint density at radius 1 is 1.17 bits per heavy atom. The quantitative estimate of drug-likeness (QED) is 0.394. The molecule has 0 unspecified atom stereocenters. The van der Waals surface area contributed by atoms with Crippen LogP contribution in [-0.2, 0) is 6.54 Å². The van der Waals surface area contributed by atoms with Gasteiger partial charge in [0.05, 0.1) is 30.2 Å². The first-order chi connectivity index (χ1) is 17.1. The Kier molecular flexibility index (Phi) is 5.62. The van der Waals surface area contributed by atoms with Gasteiger partial charge in [-0.1, -0.05) is 12.1 Å². The Hall–Kier alpha value is -3.49. The summed E-state index contributed by atoms with van der Waals surface area (Å²) in [5.41, 5.74) is 5.05. The van der Waals surface area contributed by atoms with Crippen LogP contribution in [0.5, 0.6) is 0 Å². The Bertz CT molecular complexity index is 1340. The third-order valence-electron chi connectivity index (χ3n) is 7.10. The van der Waals surface area contributed by atoms with Crippen molar-refractivity contribution in [1.82, 2.24) is 24.4 Å². The molecule has 2 N–H and O–H groups in total. The molecular formula is C27H29FN6O. The number of fused-ring (bicyclic) bond motifs is 5. The van der Waals surface area contributed by atoms with E-state index >= 15 is 0 Å². The topological polar surface area (TPSA) is 71.1 Å². The van der Waals surface area contributed by atoms with Crippen LogP contribution in [0.2, 0.25) is 0 Å². The molecule has 0 spiro atoms. The summed E-state index contributed by atoms with van der Waals surface area (Å²) < 4.78 is 17.7. The molecule has 8 heteroatoms. The van der Waals surface area contributed by atoms with E-state index in [4.69, 9.17) is 4.98 Å². The zero-order chi connectivity index (χ0) is 23.9. The van der Waals surface area contributed by atoms with Gasteiger partial charge in [0.2, 0.25) is 0 Å². The minimum atomic E-state index is -0.237. The number of anilines is 1. The molecule has 180 valence electrons. The Morgan fingerprint density at radius 3 is 2.86 bits per heavy atom. The molecule has 1 saturated heterocycles. The highest BCUT2D eigenvalue weighted by molar-refractivity contribution is 5.71. The van der Waals surface area contributed by atoms with Crippen molar-refractivity contribution < 1.29 is 9.50 Å². The fourth-order valence-electron chi connectivity index (χ4n) is 5.11. The Morgan fingerprint density at radius 2 is 2.03 bits per heavy atom. The van der Waals surface area contributed by atoms with Crippen LogP contribution in [0.3, 0.4) is 0 Å². The van der Waals surface area contributed by atoms with E-state index in [2.05, 4.69) is 48.7 Å². The van der Waals surface area contributed by atoms with E-state index in [0.29, 0.717) is 12.5 Å². The largest absolute Gasteiger partial charge is 0.395 e. The average molecular weight is 473 g/mol. The van der Waals surface area contributed by atoms with Crippen molar-refractivity contribution in [3.63, 3.8) is 0 Å². The van der Waals surface area contributed by atoms with Crippen LogP contribution >= 0.6 is 0 Å². The highest BCUT2D eigenvalue weighted by Crippen LogP contribution is 2.34. The van der Waals surface area contributed by atoms with Gasteiger partial charge in [0, 0.05) is 49.8 Å². The number of imidazole rings is 1. The zero-order valence-corrected chi connectivity index (χ0v) is 19.7. The van der Waals surface area contributed by atoms with E-state index in [1.807, 2.05) is 19.3 Å². The standard InChI is InChI=1S/C27H29FN6O/c1-18(17-35)30-13-19-8-10-32(14-19)26-7-6-24-23(31-26)16-33-15-21(20-2-4-22(28)5-3-20)12-25(33)27-29-9-11-34(24)27/h2-7,9,11-12,15,18-19,30,35H,8,10,13-14,16-17H2,1H3/t18-,19-/m1/s1. The predicted octanol–water partition coefficient (Wildman–Crippen LogP) is 3.70. The summed E-state index contributed by atoms with van der Waals surface area (Å²) in [6.07, 6.45) is 7.01. The number of hydrogen-bond donors (Lipinski definition) is 2. The summed E-state index contributed by atoms with van der Waals surface area (Å²) in [6, 6.07) is 13.1. The Labute approximate surface area is 203 Å². The fourth-order valence-corrected chi connectivity index (χ4v) is 5.11. The normalized spacial score (nSPS) is 17.6. The molecule has 1 aromatic carbocycles. The summed E-state index contributed by atoms with van der Waals surface area (Å²) in [7, 11) is 0. The van der Waals surface area contributed by atoms with E-state index in [-0.39, 0.29) is 18.5 Å². The molecule has 2 aliphatic rings. The molecule has 6 rings (SSSR count). The monoisotopic (exact) mass is 472 g/mol. The summed E-state index contributed by atoms with van der Waals surface area (Å²) in [5, 5.41) is 12.7. The third kappa shape index (κ3) is 4.13. The van der Waals surface area contributed by atoms with Crippen molar-refractivity contribution in [2.75, 3.05) is 31.1 Å². The molecule has 4 aromatic rings. The van der Waals surface area contributed by atoms with Crippen LogP contribution in [-0.4, -0.2) is 56.5 Å². The second-order valence-corrected chi connectivity index (χ2v) is 9.60. The van der Waals surface area contributed by atoms with Gasteiger partial charge in [0.25, 0.3) is 0 Å². The average Bonchev–Trinajstić information content (AvgIpc) is 3.62. The van der Waals surface area contributed by atoms with Gasteiger partial charge in [-0.25, -0.2) is 14.4 Å². The number of aliphatic hydroxyl groups excluding tert-OH is 1. The van der Waals surface area contributed by atoms with Gasteiger partial charge in [-0.05, 0) is 55.2 Å². The van der Waals surface area contributed by atoms with Gasteiger partial charge in [-0.15, -0.1) is 0 Å². The number of aromatic nitrogens is 4. The number of halogens is 1. The molecular weight excluding hydrogens is 443 g/mol. The number of benzene rings is 1. The first kappa shape index (κ1) is 22.0. The van der Waals surface area contributed by atoms with E-state index in [9.17, 15) is 9.50 Å². The number of nitrogens with zero attached hydrogens (tertiary/aromatic N) is 5. The summed E-state index contributed by atoms with van der Waals surface area (Å²) in [6.45, 7) is 5.63. The first-order valence-electron chi connectivity index (χ1n) is 12.2. The van der Waals surface area contributed by atoms with Crippen LogP contribution in [0, 0.1) is 11.7 Å². The summed E-state index contributed by atoms with van der Waals surface area (Å²) in [5.74, 6) is 2.17. The molecule has 7 nitrogen and oxygen atoms in total. The van der Waals surface area contributed by atoms with Gasteiger partial charge in [0.1, 0.15) is 11.6 Å². The molecule has 1 fully saturated rings. The maximum absolute atomic E-state index is 13.4. The fraction of sp³-hybridized carbons (Fsp3) is 0.333. The molecule has 2 aliphatic heterocycles. The molecule has 0 aliphatic carbocycles. The Balaban J connectivity index is 1.30. The number of aliphatic hydroxyl groups is 1. The number of nitrogens with one attached hydrogen (secondary N) is 1. The maximum atomic E-state index is 13.4. The molecule has 3 aromatic heterocycles. The first-order valence-corrected chi connectivity index (χ1v) is 12.2. The number of rotatable bonds is 6. The molecule has 2 atom stereocenters. The van der Waals surface area contributed by atoms with E-state index in [0.717, 1.165) is 65.9 Å². The van der Waals surface area contributed by atoms with Crippen LogP contribution in [0.1, 0.15) is 19.0 Å². The van der Waals surface area contributed by atoms with E-state index < -0.39 is 0 Å². The highest BCUT2D eigenvalue weighted by atomic mass is 19.1.